The minimum Gasteiger partial charge on any atom is -0.343 e. The van der Waals surface area contributed by atoms with Crippen LogP contribution in [0.3, 0.4) is 0 Å². The summed E-state index contributed by atoms with van der Waals surface area (Å²) in [7, 11) is 0. The third kappa shape index (κ3) is 1.01. The van der Waals surface area contributed by atoms with Crippen LogP contribution in [0, 0.1) is 0 Å². The van der Waals surface area contributed by atoms with Gasteiger partial charge in [0.2, 0.25) is 0 Å². The number of nitrogens with two attached hydrogens (primary N) is 1. The Morgan fingerprint density at radius 3 is 3.07 bits per heavy atom. The molecular weight excluding hydrogens is 196 g/mol. The zero-order valence-corrected chi connectivity index (χ0v) is 8.46. The first kappa shape index (κ1) is 8.33. The Bertz CT molecular complexity index is 501. The summed E-state index contributed by atoms with van der Waals surface area (Å²) in [5.74, 6) is 0. The summed E-state index contributed by atoms with van der Waals surface area (Å²) >= 11 is 5.97. The molecule has 3 rings (SSSR count). The van der Waals surface area contributed by atoms with Gasteiger partial charge in [-0.25, -0.2) is 0 Å². The SMILES string of the molecule is NC1CCn2c1cc1ccc(Cl)cc12. The van der Waals surface area contributed by atoms with Gasteiger partial charge < -0.3 is 10.3 Å². The van der Waals surface area contributed by atoms with Crippen LogP contribution in [0.15, 0.2) is 24.3 Å². The number of nitrogens with zero attached hydrogens (tertiary/aromatic N) is 1. The van der Waals surface area contributed by atoms with Gasteiger partial charge in [0, 0.05) is 34.2 Å². The fraction of sp³-hybridized carbons (Fsp3) is 0.273. The monoisotopic (exact) mass is 206 g/mol. The van der Waals surface area contributed by atoms with E-state index in [1.165, 1.54) is 16.6 Å². The van der Waals surface area contributed by atoms with Crippen LogP contribution in [0.1, 0.15) is 18.2 Å². The molecule has 0 aliphatic carbocycles. The molecular formula is C11H11ClN2. The first-order valence-corrected chi connectivity index (χ1v) is 5.18. The summed E-state index contributed by atoms with van der Waals surface area (Å²) in [5, 5.41) is 2.03. The maximum Gasteiger partial charge on any atom is 0.0497 e. The Kier molecular flexibility index (Phi) is 1.64. The first-order valence-electron chi connectivity index (χ1n) is 4.80. The molecule has 0 bridgehead atoms. The van der Waals surface area contributed by atoms with E-state index in [-0.39, 0.29) is 6.04 Å². The van der Waals surface area contributed by atoms with Crippen LogP contribution in [0.5, 0.6) is 0 Å². The van der Waals surface area contributed by atoms with Crippen molar-refractivity contribution in [3.8, 4) is 0 Å². The van der Waals surface area contributed by atoms with Gasteiger partial charge in [-0.3, -0.25) is 0 Å². The molecule has 2 heterocycles. The van der Waals surface area contributed by atoms with Crippen LogP contribution in [-0.2, 0) is 6.54 Å². The standard InChI is InChI=1S/C11H11ClN2/c12-8-2-1-7-5-11-9(13)3-4-14(11)10(7)6-8/h1-2,5-6,9H,3-4,13H2. The largest absolute Gasteiger partial charge is 0.343 e. The molecule has 3 heteroatoms. The molecule has 1 atom stereocenters. The van der Waals surface area contributed by atoms with Crippen LogP contribution in [0.2, 0.25) is 5.02 Å². The van der Waals surface area contributed by atoms with Gasteiger partial charge in [0.25, 0.3) is 0 Å². The molecule has 2 aromatic rings. The van der Waals surface area contributed by atoms with E-state index in [0.29, 0.717) is 0 Å². The second-order valence-electron chi connectivity index (χ2n) is 3.82. The summed E-state index contributed by atoms with van der Waals surface area (Å²) in [6, 6.07) is 8.35. The van der Waals surface area contributed by atoms with Crippen molar-refractivity contribution in [1.82, 2.24) is 4.57 Å². The Hall–Kier alpha value is -0.990. The van der Waals surface area contributed by atoms with Gasteiger partial charge in [-0.1, -0.05) is 17.7 Å². The van der Waals surface area contributed by atoms with E-state index in [1.54, 1.807) is 0 Å². The summed E-state index contributed by atoms with van der Waals surface area (Å²) in [6.45, 7) is 1.01. The van der Waals surface area contributed by atoms with E-state index in [9.17, 15) is 0 Å². The van der Waals surface area contributed by atoms with E-state index in [0.717, 1.165) is 18.0 Å². The lowest BCUT2D eigenvalue weighted by molar-refractivity contribution is 0.691. The van der Waals surface area contributed by atoms with Gasteiger partial charge in [-0.15, -0.1) is 0 Å². The van der Waals surface area contributed by atoms with Crippen molar-refractivity contribution < 1.29 is 0 Å². The fourth-order valence-electron chi connectivity index (χ4n) is 2.22. The molecule has 0 fully saturated rings. The third-order valence-corrected chi connectivity index (χ3v) is 3.18. The molecule has 1 aliphatic heterocycles. The third-order valence-electron chi connectivity index (χ3n) is 2.94. The second-order valence-corrected chi connectivity index (χ2v) is 4.26. The number of halogens is 1. The number of benzene rings is 1. The minimum absolute atomic E-state index is 0.196. The van der Waals surface area contributed by atoms with Crippen LogP contribution in [-0.4, -0.2) is 4.57 Å². The van der Waals surface area contributed by atoms with Crippen molar-refractivity contribution in [2.75, 3.05) is 0 Å². The summed E-state index contributed by atoms with van der Waals surface area (Å²) in [4.78, 5) is 0. The van der Waals surface area contributed by atoms with Crippen molar-refractivity contribution in [3.63, 3.8) is 0 Å². The number of aryl methyl sites for hydroxylation is 1. The zero-order valence-electron chi connectivity index (χ0n) is 7.70. The smallest absolute Gasteiger partial charge is 0.0497 e. The van der Waals surface area contributed by atoms with Gasteiger partial charge in [0.1, 0.15) is 0 Å². The topological polar surface area (TPSA) is 30.9 Å². The lowest BCUT2D eigenvalue weighted by Crippen LogP contribution is -2.04. The summed E-state index contributed by atoms with van der Waals surface area (Å²) in [6.07, 6.45) is 1.04. The zero-order chi connectivity index (χ0) is 9.71. The number of rotatable bonds is 0. The van der Waals surface area contributed by atoms with E-state index >= 15 is 0 Å². The molecule has 1 aromatic heterocycles. The predicted molar refractivity (Wildman–Crippen MR) is 58.5 cm³/mol. The van der Waals surface area contributed by atoms with Crippen molar-refractivity contribution in [1.29, 1.82) is 0 Å². The highest BCUT2D eigenvalue weighted by Gasteiger charge is 2.21. The van der Waals surface area contributed by atoms with Crippen LogP contribution in [0.25, 0.3) is 10.9 Å². The van der Waals surface area contributed by atoms with Gasteiger partial charge in [-0.2, -0.15) is 0 Å². The van der Waals surface area contributed by atoms with Crippen LogP contribution >= 0.6 is 11.6 Å². The maximum atomic E-state index is 5.99. The van der Waals surface area contributed by atoms with E-state index < -0.39 is 0 Å². The van der Waals surface area contributed by atoms with E-state index in [2.05, 4.69) is 16.7 Å². The Morgan fingerprint density at radius 1 is 1.36 bits per heavy atom. The lowest BCUT2D eigenvalue weighted by atomic mass is 10.2. The van der Waals surface area contributed by atoms with Gasteiger partial charge >= 0.3 is 0 Å². The highest BCUT2D eigenvalue weighted by Crippen LogP contribution is 2.32. The molecule has 0 saturated heterocycles. The van der Waals surface area contributed by atoms with Crippen molar-refractivity contribution in [2.45, 2.75) is 19.0 Å². The molecule has 0 spiro atoms. The van der Waals surface area contributed by atoms with Gasteiger partial charge in [0.15, 0.2) is 0 Å². The first-order chi connectivity index (χ1) is 6.75. The highest BCUT2D eigenvalue weighted by molar-refractivity contribution is 6.31. The average Bonchev–Trinajstić information content (AvgIpc) is 2.67. The molecule has 0 amide bonds. The molecule has 0 radical (unpaired) electrons. The van der Waals surface area contributed by atoms with Crippen LogP contribution in [0.4, 0.5) is 0 Å². The van der Waals surface area contributed by atoms with Crippen molar-refractivity contribution in [3.05, 3.63) is 35.0 Å². The average molecular weight is 207 g/mol. The Balaban J connectivity index is 2.36. The number of hydrogen-bond donors (Lipinski definition) is 1. The van der Waals surface area contributed by atoms with Crippen molar-refractivity contribution >= 4 is 22.5 Å². The highest BCUT2D eigenvalue weighted by atomic mass is 35.5. The normalized spacial score (nSPS) is 20.3. The maximum absolute atomic E-state index is 5.99. The molecule has 1 aromatic carbocycles. The molecule has 0 saturated carbocycles. The number of aromatic nitrogens is 1. The molecule has 72 valence electrons. The van der Waals surface area contributed by atoms with Gasteiger partial charge in [-0.05, 0) is 24.6 Å². The summed E-state index contributed by atoms with van der Waals surface area (Å²) in [5.41, 5.74) is 8.44. The quantitative estimate of drug-likeness (QED) is 0.706. The van der Waals surface area contributed by atoms with Gasteiger partial charge in [0.05, 0.1) is 0 Å². The predicted octanol–water partition coefficient (Wildman–Crippen LogP) is 2.70. The molecule has 2 N–H and O–H groups in total. The van der Waals surface area contributed by atoms with E-state index in [1.807, 2.05) is 12.1 Å². The van der Waals surface area contributed by atoms with Crippen molar-refractivity contribution in [2.24, 2.45) is 5.73 Å². The number of fused-ring (bicyclic) bond motifs is 3. The summed E-state index contributed by atoms with van der Waals surface area (Å²) < 4.78 is 2.27. The molecule has 1 unspecified atom stereocenters. The van der Waals surface area contributed by atoms with Crippen LogP contribution < -0.4 is 5.73 Å². The number of hydrogen-bond acceptors (Lipinski definition) is 1. The fourth-order valence-corrected chi connectivity index (χ4v) is 2.39. The Morgan fingerprint density at radius 2 is 2.21 bits per heavy atom. The lowest BCUT2D eigenvalue weighted by Gasteiger charge is -1.99. The molecule has 2 nitrogen and oxygen atoms in total. The molecule has 1 aliphatic rings. The second kappa shape index (κ2) is 2.75. The minimum atomic E-state index is 0.196. The van der Waals surface area contributed by atoms with E-state index in [4.69, 9.17) is 17.3 Å². The Labute approximate surface area is 87.3 Å². The molecule has 14 heavy (non-hydrogen) atoms.